The van der Waals surface area contributed by atoms with Gasteiger partial charge in [-0.25, -0.2) is 14.8 Å². The van der Waals surface area contributed by atoms with Crippen molar-refractivity contribution in [1.29, 1.82) is 0 Å². The van der Waals surface area contributed by atoms with Gasteiger partial charge in [0.25, 0.3) is 0 Å². The predicted molar refractivity (Wildman–Crippen MR) is 107 cm³/mol. The van der Waals surface area contributed by atoms with Gasteiger partial charge < -0.3 is 10.1 Å². The highest BCUT2D eigenvalue weighted by Crippen LogP contribution is 2.26. The smallest absolute Gasteiger partial charge is 0.338 e. The van der Waals surface area contributed by atoms with E-state index in [1.165, 1.54) is 16.7 Å². The number of rotatable bonds is 6. The average Bonchev–Trinajstić information content (AvgIpc) is 3.28. The second-order valence-electron chi connectivity index (χ2n) is 7.22. The Bertz CT molecular complexity index is 1040. The number of ether oxygens (including phenoxy) is 1. The largest absolute Gasteiger partial charge is 0.457 e. The molecule has 4 rings (SSSR count). The molecule has 2 aromatic heterocycles. The number of hydrogen-bond donors (Lipinski definition) is 1. The molecule has 1 aromatic carbocycles. The molecule has 3 heterocycles. The summed E-state index contributed by atoms with van der Waals surface area (Å²) in [4.78, 5) is 20.6. The summed E-state index contributed by atoms with van der Waals surface area (Å²) in [7, 11) is 0. The van der Waals surface area contributed by atoms with Crippen LogP contribution in [0, 0.1) is 20.8 Å². The van der Waals surface area contributed by atoms with Crippen LogP contribution in [0.5, 0.6) is 0 Å². The SMILES string of the molecule is Cc1cn(-c2ccc(CNCCc3ccc4c(c3C)COC4=O)c(C)n2)cn1. The number of esters is 1. The molecule has 28 heavy (non-hydrogen) atoms. The van der Waals surface area contributed by atoms with Gasteiger partial charge in [0.05, 0.1) is 11.3 Å². The van der Waals surface area contributed by atoms with Crippen LogP contribution in [0.1, 0.15) is 44.0 Å². The molecule has 0 unspecified atom stereocenters. The van der Waals surface area contributed by atoms with Crippen LogP contribution in [0.4, 0.5) is 0 Å². The van der Waals surface area contributed by atoms with Gasteiger partial charge in [-0.1, -0.05) is 12.1 Å². The van der Waals surface area contributed by atoms with Crippen molar-refractivity contribution in [2.45, 2.75) is 40.3 Å². The van der Waals surface area contributed by atoms with E-state index < -0.39 is 0 Å². The molecule has 6 heteroatoms. The fourth-order valence-corrected chi connectivity index (χ4v) is 3.57. The van der Waals surface area contributed by atoms with E-state index in [1.807, 2.05) is 42.8 Å². The van der Waals surface area contributed by atoms with E-state index in [2.05, 4.69) is 23.3 Å². The van der Waals surface area contributed by atoms with Crippen LogP contribution >= 0.6 is 0 Å². The van der Waals surface area contributed by atoms with Crippen molar-refractivity contribution in [3.8, 4) is 5.82 Å². The minimum Gasteiger partial charge on any atom is -0.457 e. The number of benzene rings is 1. The van der Waals surface area contributed by atoms with Gasteiger partial charge in [-0.2, -0.15) is 0 Å². The molecule has 6 nitrogen and oxygen atoms in total. The lowest BCUT2D eigenvalue weighted by Gasteiger charge is -2.11. The van der Waals surface area contributed by atoms with Gasteiger partial charge in [0, 0.05) is 24.0 Å². The number of aryl methyl sites for hydroxylation is 2. The number of cyclic esters (lactones) is 1. The molecule has 0 fully saturated rings. The Morgan fingerprint density at radius 3 is 2.71 bits per heavy atom. The van der Waals surface area contributed by atoms with E-state index >= 15 is 0 Å². The van der Waals surface area contributed by atoms with Gasteiger partial charge >= 0.3 is 5.97 Å². The van der Waals surface area contributed by atoms with E-state index in [0.717, 1.165) is 42.3 Å². The van der Waals surface area contributed by atoms with Crippen molar-refractivity contribution in [3.05, 3.63) is 76.0 Å². The quantitative estimate of drug-likeness (QED) is 0.529. The van der Waals surface area contributed by atoms with E-state index in [4.69, 9.17) is 9.72 Å². The second kappa shape index (κ2) is 7.56. The zero-order valence-corrected chi connectivity index (χ0v) is 16.5. The minimum atomic E-state index is -0.208. The van der Waals surface area contributed by atoms with Crippen molar-refractivity contribution in [3.63, 3.8) is 0 Å². The van der Waals surface area contributed by atoms with E-state index in [-0.39, 0.29) is 5.97 Å². The van der Waals surface area contributed by atoms with Gasteiger partial charge in [-0.15, -0.1) is 0 Å². The number of aromatic nitrogens is 3. The summed E-state index contributed by atoms with van der Waals surface area (Å²) < 4.78 is 7.07. The summed E-state index contributed by atoms with van der Waals surface area (Å²) in [6.07, 6.45) is 4.66. The third-order valence-electron chi connectivity index (χ3n) is 5.32. The first-order valence-electron chi connectivity index (χ1n) is 9.49. The lowest BCUT2D eigenvalue weighted by Crippen LogP contribution is -2.18. The van der Waals surface area contributed by atoms with Crippen molar-refractivity contribution in [2.75, 3.05) is 6.54 Å². The number of fused-ring (bicyclic) bond motifs is 1. The van der Waals surface area contributed by atoms with Gasteiger partial charge in [-0.05, 0) is 62.6 Å². The molecule has 1 aliphatic rings. The van der Waals surface area contributed by atoms with Gasteiger partial charge in [0.15, 0.2) is 0 Å². The lowest BCUT2D eigenvalue weighted by molar-refractivity contribution is 0.0535. The standard InChI is InChI=1S/C22H24N4O2/c1-14-11-26(13-24-14)21-7-5-18(16(3)25-21)10-23-9-8-17-4-6-19-20(15(17)2)12-28-22(19)27/h4-7,11,13,23H,8-10,12H2,1-3H3. The predicted octanol–water partition coefficient (Wildman–Crippen LogP) is 3.20. The van der Waals surface area contributed by atoms with Crippen LogP contribution < -0.4 is 5.32 Å². The molecule has 1 N–H and O–H groups in total. The first-order valence-corrected chi connectivity index (χ1v) is 9.49. The molecular formula is C22H24N4O2. The van der Waals surface area contributed by atoms with Crippen LogP contribution in [0.2, 0.25) is 0 Å². The Labute approximate surface area is 164 Å². The minimum absolute atomic E-state index is 0.208. The lowest BCUT2D eigenvalue weighted by atomic mass is 9.97. The summed E-state index contributed by atoms with van der Waals surface area (Å²) in [5.41, 5.74) is 7.35. The number of carbonyl (C=O) groups excluding carboxylic acids is 1. The number of carbonyl (C=O) groups is 1. The zero-order valence-electron chi connectivity index (χ0n) is 16.5. The Hall–Kier alpha value is -2.99. The maximum absolute atomic E-state index is 11.6. The third-order valence-corrected chi connectivity index (χ3v) is 5.32. The summed E-state index contributed by atoms with van der Waals surface area (Å²) in [6, 6.07) is 8.06. The number of pyridine rings is 1. The molecule has 0 bridgehead atoms. The highest BCUT2D eigenvalue weighted by Gasteiger charge is 2.23. The van der Waals surface area contributed by atoms with Crippen molar-refractivity contribution in [1.82, 2.24) is 19.9 Å². The van der Waals surface area contributed by atoms with Crippen LogP contribution in [-0.2, 0) is 24.3 Å². The molecule has 144 valence electrons. The monoisotopic (exact) mass is 376 g/mol. The zero-order chi connectivity index (χ0) is 19.7. The van der Waals surface area contributed by atoms with Gasteiger partial charge in [-0.3, -0.25) is 4.57 Å². The second-order valence-corrected chi connectivity index (χ2v) is 7.22. The molecule has 0 amide bonds. The Morgan fingerprint density at radius 2 is 1.96 bits per heavy atom. The Kier molecular flexibility index (Phi) is 4.96. The molecule has 0 saturated heterocycles. The first kappa shape index (κ1) is 18.4. The number of nitrogens with zero attached hydrogens (tertiary/aromatic N) is 3. The molecule has 0 aliphatic carbocycles. The van der Waals surface area contributed by atoms with E-state index in [1.54, 1.807) is 6.33 Å². The van der Waals surface area contributed by atoms with Crippen molar-refractivity contribution in [2.24, 2.45) is 0 Å². The first-order chi connectivity index (χ1) is 13.5. The maximum atomic E-state index is 11.6. The fourth-order valence-electron chi connectivity index (χ4n) is 3.57. The van der Waals surface area contributed by atoms with Crippen LogP contribution in [0.25, 0.3) is 5.82 Å². The van der Waals surface area contributed by atoms with Crippen molar-refractivity contribution < 1.29 is 9.53 Å². The summed E-state index contributed by atoms with van der Waals surface area (Å²) in [6.45, 7) is 8.10. The highest BCUT2D eigenvalue weighted by atomic mass is 16.5. The maximum Gasteiger partial charge on any atom is 0.338 e. The summed E-state index contributed by atoms with van der Waals surface area (Å²) >= 11 is 0. The number of hydrogen-bond acceptors (Lipinski definition) is 5. The topological polar surface area (TPSA) is 69.0 Å². The van der Waals surface area contributed by atoms with Crippen LogP contribution in [0.3, 0.4) is 0 Å². The summed E-state index contributed by atoms with van der Waals surface area (Å²) in [5.74, 6) is 0.674. The molecular weight excluding hydrogens is 352 g/mol. The molecule has 0 saturated carbocycles. The number of imidazole rings is 1. The molecule has 0 atom stereocenters. The Morgan fingerprint density at radius 1 is 1.14 bits per heavy atom. The van der Waals surface area contributed by atoms with Gasteiger partial charge in [0.2, 0.25) is 0 Å². The van der Waals surface area contributed by atoms with Crippen LogP contribution in [-0.4, -0.2) is 27.0 Å². The average molecular weight is 376 g/mol. The molecule has 1 aliphatic heterocycles. The van der Waals surface area contributed by atoms with Gasteiger partial charge in [0.1, 0.15) is 18.8 Å². The van der Waals surface area contributed by atoms with E-state index in [9.17, 15) is 4.79 Å². The van der Waals surface area contributed by atoms with Crippen molar-refractivity contribution >= 4 is 5.97 Å². The van der Waals surface area contributed by atoms with E-state index in [0.29, 0.717) is 12.2 Å². The third kappa shape index (κ3) is 3.55. The molecule has 3 aromatic rings. The summed E-state index contributed by atoms with van der Waals surface area (Å²) in [5, 5.41) is 3.50. The fraction of sp³-hybridized carbons (Fsp3) is 0.318. The molecule has 0 spiro atoms. The Balaban J connectivity index is 1.35. The molecule has 0 radical (unpaired) electrons. The van der Waals surface area contributed by atoms with Crippen LogP contribution in [0.15, 0.2) is 36.8 Å². The normalized spacial score (nSPS) is 12.9. The number of nitrogens with one attached hydrogen (secondary N) is 1. The highest BCUT2D eigenvalue weighted by molar-refractivity contribution is 5.93.